The Bertz CT molecular complexity index is 1070. The summed E-state index contributed by atoms with van der Waals surface area (Å²) in [6.07, 6.45) is 12.0. The van der Waals surface area contributed by atoms with E-state index < -0.39 is 0 Å². The highest BCUT2D eigenvalue weighted by molar-refractivity contribution is 5.80. The van der Waals surface area contributed by atoms with Crippen molar-refractivity contribution in [2.24, 2.45) is 0 Å². The number of benzene rings is 1. The van der Waals surface area contributed by atoms with Crippen molar-refractivity contribution in [1.82, 2.24) is 19.5 Å². The van der Waals surface area contributed by atoms with E-state index in [4.69, 9.17) is 11.2 Å². The molecule has 0 fully saturated rings. The van der Waals surface area contributed by atoms with Gasteiger partial charge < -0.3 is 15.0 Å². The number of nitrogens with zero attached hydrogens (tertiary/aromatic N) is 4. The number of anilines is 1. The lowest BCUT2D eigenvalue weighted by Crippen LogP contribution is -2.41. The van der Waals surface area contributed by atoms with Gasteiger partial charge in [0.15, 0.2) is 5.65 Å². The summed E-state index contributed by atoms with van der Waals surface area (Å²) in [5, 5.41) is 7.79. The van der Waals surface area contributed by atoms with Gasteiger partial charge in [-0.2, -0.15) is 10.1 Å². The number of aromatic nitrogens is 3. The minimum Gasteiger partial charge on any atom is -0.475 e. The van der Waals surface area contributed by atoms with E-state index in [1.54, 1.807) is 21.7 Å². The average molecular weight is 389 g/mol. The van der Waals surface area contributed by atoms with Gasteiger partial charge >= 0.3 is 0 Å². The Morgan fingerprint density at radius 3 is 3.10 bits per heavy atom. The van der Waals surface area contributed by atoms with Gasteiger partial charge in [-0.05, 0) is 30.2 Å². The molecule has 7 heteroatoms. The van der Waals surface area contributed by atoms with E-state index >= 15 is 0 Å². The zero-order valence-corrected chi connectivity index (χ0v) is 16.3. The Hall–Kier alpha value is -3.53. The lowest BCUT2D eigenvalue weighted by Gasteiger charge is -2.28. The highest BCUT2D eigenvalue weighted by Gasteiger charge is 2.19. The molecule has 0 saturated heterocycles. The number of amides is 1. The van der Waals surface area contributed by atoms with E-state index in [0.29, 0.717) is 31.2 Å². The second-order valence-electron chi connectivity index (χ2n) is 7.06. The molecular weight excluding hydrogens is 366 g/mol. The molecule has 0 radical (unpaired) electrons. The predicted octanol–water partition coefficient (Wildman–Crippen LogP) is 2.81. The predicted molar refractivity (Wildman–Crippen MR) is 112 cm³/mol. The Kier molecular flexibility index (Phi) is 5.34. The molecule has 0 spiro atoms. The molecule has 4 rings (SSSR count). The zero-order valence-electron chi connectivity index (χ0n) is 16.3. The summed E-state index contributed by atoms with van der Waals surface area (Å²) in [6.45, 7) is 3.67. The first kappa shape index (κ1) is 18.8. The zero-order chi connectivity index (χ0) is 20.2. The maximum absolute atomic E-state index is 11.7. The molecule has 1 unspecified atom stereocenters. The van der Waals surface area contributed by atoms with Gasteiger partial charge in [0.1, 0.15) is 6.61 Å². The molecule has 29 heavy (non-hydrogen) atoms. The lowest BCUT2D eigenvalue weighted by atomic mass is 10.0. The smallest absolute Gasteiger partial charge is 0.216 e. The van der Waals surface area contributed by atoms with Crippen LogP contribution in [0.25, 0.3) is 16.8 Å². The summed E-state index contributed by atoms with van der Waals surface area (Å²) in [6, 6.07) is 7.66. The quantitative estimate of drug-likeness (QED) is 0.551. The highest BCUT2D eigenvalue weighted by atomic mass is 16.5. The number of hydrogen-bond donors (Lipinski definition) is 1. The van der Waals surface area contributed by atoms with E-state index in [-0.39, 0.29) is 6.04 Å². The van der Waals surface area contributed by atoms with E-state index in [2.05, 4.69) is 28.2 Å². The Labute approximate surface area is 169 Å². The summed E-state index contributed by atoms with van der Waals surface area (Å²) >= 11 is 0. The maximum Gasteiger partial charge on any atom is 0.216 e. The average Bonchev–Trinajstić information content (AvgIpc) is 3.17. The van der Waals surface area contributed by atoms with Crippen molar-refractivity contribution in [2.75, 3.05) is 25.0 Å². The van der Waals surface area contributed by atoms with Crippen LogP contribution in [0, 0.1) is 12.3 Å². The second kappa shape index (κ2) is 8.23. The third-order valence-corrected chi connectivity index (χ3v) is 5.10. The van der Waals surface area contributed by atoms with Crippen LogP contribution in [-0.2, 0) is 4.79 Å². The molecule has 1 aliphatic rings. The van der Waals surface area contributed by atoms with Crippen molar-refractivity contribution in [3.63, 3.8) is 0 Å². The molecule has 1 amide bonds. The molecule has 1 aliphatic heterocycles. The van der Waals surface area contributed by atoms with Crippen LogP contribution >= 0.6 is 0 Å². The van der Waals surface area contributed by atoms with E-state index in [9.17, 15) is 4.79 Å². The topological polar surface area (TPSA) is 71.8 Å². The number of carbonyl (C=O) groups excluding carboxylic acids is 1. The molecular formula is C22H23N5O2. The van der Waals surface area contributed by atoms with Crippen molar-refractivity contribution in [1.29, 1.82) is 0 Å². The van der Waals surface area contributed by atoms with Gasteiger partial charge in [-0.25, -0.2) is 4.52 Å². The molecule has 0 aliphatic carbocycles. The van der Waals surface area contributed by atoms with Crippen molar-refractivity contribution < 1.29 is 9.53 Å². The number of fused-ring (bicyclic) bond motifs is 4. The van der Waals surface area contributed by atoms with Crippen molar-refractivity contribution in [3.05, 3.63) is 42.2 Å². The fraction of sp³-hybridized carbons (Fsp3) is 0.318. The maximum atomic E-state index is 11.7. The Balaban J connectivity index is 1.81. The molecule has 1 N–H and O–H groups in total. The minimum absolute atomic E-state index is 0.0164. The van der Waals surface area contributed by atoms with Crippen LogP contribution in [0.4, 0.5) is 5.69 Å². The van der Waals surface area contributed by atoms with Gasteiger partial charge in [-0.1, -0.05) is 19.3 Å². The summed E-state index contributed by atoms with van der Waals surface area (Å²) < 4.78 is 7.69. The van der Waals surface area contributed by atoms with Crippen LogP contribution in [0.3, 0.4) is 0 Å². The first-order chi connectivity index (χ1) is 14.2. The second-order valence-corrected chi connectivity index (χ2v) is 7.06. The van der Waals surface area contributed by atoms with Crippen LogP contribution in [0.5, 0.6) is 5.88 Å². The molecule has 148 valence electrons. The number of terminal acetylenes is 1. The SMILES string of the molecule is C#Cc1cc2cc(c1)-c1cnn3ccc(nc13)OCC(CCC)N(C=O)CCN2. The normalized spacial score (nSPS) is 16.6. The standard InChI is InChI=1S/C22H23N5O2/c1-3-5-19-14-29-21-6-8-27-22(25-21)20(13-24-27)17-10-16(4-2)11-18(12-17)23-7-9-26(19)15-28/h2,6,8,10-13,15,19,23H,3,5,7,9,14H2,1H3. The lowest BCUT2D eigenvalue weighted by molar-refractivity contribution is -0.120. The van der Waals surface area contributed by atoms with Gasteiger partial charge in [-0.3, -0.25) is 4.79 Å². The molecule has 1 atom stereocenters. The summed E-state index contributed by atoms with van der Waals surface area (Å²) in [5.41, 5.74) is 4.17. The molecule has 7 nitrogen and oxygen atoms in total. The van der Waals surface area contributed by atoms with Crippen molar-refractivity contribution in [3.8, 4) is 29.4 Å². The third-order valence-electron chi connectivity index (χ3n) is 5.10. The van der Waals surface area contributed by atoms with E-state index in [0.717, 1.165) is 41.6 Å². The highest BCUT2D eigenvalue weighted by Crippen LogP contribution is 2.28. The summed E-state index contributed by atoms with van der Waals surface area (Å²) in [7, 11) is 0. The third kappa shape index (κ3) is 3.87. The monoisotopic (exact) mass is 389 g/mol. The molecule has 0 saturated carbocycles. The van der Waals surface area contributed by atoms with Crippen LogP contribution in [0.1, 0.15) is 25.3 Å². The van der Waals surface area contributed by atoms with Crippen molar-refractivity contribution in [2.45, 2.75) is 25.8 Å². The minimum atomic E-state index is -0.0164. The van der Waals surface area contributed by atoms with Crippen molar-refractivity contribution >= 4 is 17.7 Å². The number of carbonyl (C=O) groups is 1. The summed E-state index contributed by atoms with van der Waals surface area (Å²) in [5.74, 6) is 3.22. The number of hydrogen-bond acceptors (Lipinski definition) is 5. The van der Waals surface area contributed by atoms with Crippen LogP contribution in [0.15, 0.2) is 36.7 Å². The number of rotatable bonds is 3. The van der Waals surface area contributed by atoms with Crippen LogP contribution in [0.2, 0.25) is 0 Å². The summed E-state index contributed by atoms with van der Waals surface area (Å²) in [4.78, 5) is 18.2. The van der Waals surface area contributed by atoms with Gasteiger partial charge in [-0.15, -0.1) is 6.42 Å². The van der Waals surface area contributed by atoms with Crippen LogP contribution in [-0.4, -0.2) is 51.6 Å². The number of nitrogens with one attached hydrogen (secondary N) is 1. The van der Waals surface area contributed by atoms with Gasteiger partial charge in [0.05, 0.1) is 12.2 Å². The molecule has 4 bridgehead atoms. The largest absolute Gasteiger partial charge is 0.475 e. The molecule has 1 aromatic carbocycles. The fourth-order valence-electron chi connectivity index (χ4n) is 3.62. The molecule has 2 aromatic heterocycles. The van der Waals surface area contributed by atoms with Gasteiger partial charge in [0.25, 0.3) is 0 Å². The molecule has 3 aromatic rings. The van der Waals surface area contributed by atoms with E-state index in [1.165, 1.54) is 0 Å². The van der Waals surface area contributed by atoms with Gasteiger partial charge in [0, 0.05) is 42.2 Å². The first-order valence-corrected chi connectivity index (χ1v) is 9.76. The van der Waals surface area contributed by atoms with E-state index in [1.807, 2.05) is 24.4 Å². The van der Waals surface area contributed by atoms with Crippen LogP contribution < -0.4 is 10.1 Å². The van der Waals surface area contributed by atoms with Gasteiger partial charge in [0.2, 0.25) is 12.3 Å². The Morgan fingerprint density at radius 1 is 1.41 bits per heavy atom. The first-order valence-electron chi connectivity index (χ1n) is 9.76. The number of ether oxygens (including phenoxy) is 1. The molecule has 3 heterocycles. The fourth-order valence-corrected chi connectivity index (χ4v) is 3.62. The Morgan fingerprint density at radius 2 is 2.31 bits per heavy atom.